The molecule has 0 saturated heterocycles. The Bertz CT molecular complexity index is 704. The molecule has 0 spiro atoms. The van der Waals surface area contributed by atoms with Crippen molar-refractivity contribution < 1.29 is 9.85 Å². The lowest BCUT2D eigenvalue weighted by Crippen LogP contribution is -2.13. The molecule has 3 N–H and O–H groups in total. The van der Waals surface area contributed by atoms with E-state index in [0.29, 0.717) is 5.69 Å². The normalized spacial score (nSPS) is 9.86. The Hall–Kier alpha value is -3.50. The Kier molecular flexibility index (Phi) is 4.27. The van der Waals surface area contributed by atoms with Crippen LogP contribution in [-0.4, -0.2) is 26.9 Å². The molecule has 0 aliphatic heterocycles. The molecule has 0 aliphatic rings. The first kappa shape index (κ1) is 14.9. The summed E-state index contributed by atoms with van der Waals surface area (Å²) in [5.41, 5.74) is 5.36. The second kappa shape index (κ2) is 6.30. The summed E-state index contributed by atoms with van der Waals surface area (Å²) in [6.07, 6.45) is 1.17. The van der Waals surface area contributed by atoms with Gasteiger partial charge in [-0.05, 0) is 12.1 Å². The van der Waals surface area contributed by atoms with E-state index in [9.17, 15) is 20.2 Å². The molecule has 0 fully saturated rings. The summed E-state index contributed by atoms with van der Waals surface area (Å²) in [4.78, 5) is 28.0. The van der Waals surface area contributed by atoms with Crippen molar-refractivity contribution in [2.24, 2.45) is 0 Å². The van der Waals surface area contributed by atoms with E-state index in [0.717, 1.165) is 0 Å². The number of nitrogens with zero attached hydrogens (tertiary/aromatic N) is 4. The van der Waals surface area contributed by atoms with Crippen LogP contribution in [0.4, 0.5) is 28.7 Å². The molecular formula is C11H11N7O4. The zero-order valence-corrected chi connectivity index (χ0v) is 11.3. The van der Waals surface area contributed by atoms with E-state index in [-0.39, 0.29) is 23.0 Å². The predicted molar refractivity (Wildman–Crippen MR) is 78.6 cm³/mol. The van der Waals surface area contributed by atoms with Gasteiger partial charge >= 0.3 is 5.69 Å². The number of hydrogen-bond donors (Lipinski definition) is 3. The minimum atomic E-state index is -0.619. The highest BCUT2D eigenvalue weighted by molar-refractivity contribution is 5.70. The van der Waals surface area contributed by atoms with Crippen LogP contribution in [0, 0.1) is 20.2 Å². The number of rotatable bonds is 6. The van der Waals surface area contributed by atoms with Gasteiger partial charge in [-0.1, -0.05) is 0 Å². The van der Waals surface area contributed by atoms with Crippen LogP contribution in [0.1, 0.15) is 0 Å². The van der Waals surface area contributed by atoms with Crippen molar-refractivity contribution in [2.45, 2.75) is 0 Å². The molecule has 0 amide bonds. The molecule has 0 saturated carbocycles. The van der Waals surface area contributed by atoms with E-state index in [4.69, 9.17) is 0 Å². The van der Waals surface area contributed by atoms with Gasteiger partial charge in [0.05, 0.1) is 15.5 Å². The van der Waals surface area contributed by atoms with E-state index < -0.39 is 9.85 Å². The Morgan fingerprint density at radius 2 is 1.59 bits per heavy atom. The van der Waals surface area contributed by atoms with Gasteiger partial charge in [0.15, 0.2) is 0 Å². The highest BCUT2D eigenvalue weighted by atomic mass is 16.6. The second-order valence-electron chi connectivity index (χ2n) is 3.98. The smallest absolute Gasteiger partial charge is 0.354 e. The van der Waals surface area contributed by atoms with Crippen LogP contribution in [0.3, 0.4) is 0 Å². The van der Waals surface area contributed by atoms with Crippen molar-refractivity contribution in [3.8, 4) is 0 Å². The van der Waals surface area contributed by atoms with E-state index in [1.54, 1.807) is 0 Å². The second-order valence-corrected chi connectivity index (χ2v) is 3.98. The van der Waals surface area contributed by atoms with Gasteiger partial charge in [0.2, 0.25) is 11.6 Å². The van der Waals surface area contributed by atoms with Crippen LogP contribution in [-0.2, 0) is 0 Å². The fourth-order valence-corrected chi connectivity index (χ4v) is 1.62. The summed E-state index contributed by atoms with van der Waals surface area (Å²) in [5.74, 6) is 0.0238. The number of non-ortho nitro benzene ring substituents is 1. The SMILES string of the molecule is CNc1ncnc(NNc2ccc([N+](=O)[O-])cc2)c1[N+](=O)[O-]. The summed E-state index contributed by atoms with van der Waals surface area (Å²) in [5, 5.41) is 24.2. The number of nitro groups is 2. The van der Waals surface area contributed by atoms with Gasteiger partial charge < -0.3 is 5.32 Å². The molecular weight excluding hydrogens is 294 g/mol. The number of hydrogen-bond acceptors (Lipinski definition) is 9. The third kappa shape index (κ3) is 3.15. The molecule has 0 aliphatic carbocycles. The fourth-order valence-electron chi connectivity index (χ4n) is 1.62. The van der Waals surface area contributed by atoms with Crippen molar-refractivity contribution in [3.63, 3.8) is 0 Å². The molecule has 1 heterocycles. The lowest BCUT2D eigenvalue weighted by molar-refractivity contribution is -0.384. The first-order valence-electron chi connectivity index (χ1n) is 5.96. The van der Waals surface area contributed by atoms with Crippen LogP contribution in [0.2, 0.25) is 0 Å². The number of nitro benzene ring substituents is 1. The first-order valence-corrected chi connectivity index (χ1v) is 5.96. The summed E-state index contributed by atoms with van der Waals surface area (Å²) in [6, 6.07) is 5.52. The molecule has 114 valence electrons. The van der Waals surface area contributed by atoms with Crippen LogP contribution in [0.25, 0.3) is 0 Å². The Balaban J connectivity index is 2.18. The maximum absolute atomic E-state index is 11.1. The highest BCUT2D eigenvalue weighted by Gasteiger charge is 2.21. The third-order valence-corrected chi connectivity index (χ3v) is 2.65. The zero-order valence-electron chi connectivity index (χ0n) is 11.3. The molecule has 22 heavy (non-hydrogen) atoms. The van der Waals surface area contributed by atoms with Crippen molar-refractivity contribution >= 4 is 28.7 Å². The Labute approximate surface area is 123 Å². The maximum atomic E-state index is 11.1. The van der Waals surface area contributed by atoms with Crippen molar-refractivity contribution in [1.29, 1.82) is 0 Å². The van der Waals surface area contributed by atoms with E-state index in [1.807, 2.05) is 0 Å². The minimum absolute atomic E-state index is 0.0392. The van der Waals surface area contributed by atoms with E-state index in [2.05, 4.69) is 26.1 Å². The molecule has 1 aromatic heterocycles. The van der Waals surface area contributed by atoms with Gasteiger partial charge in [0.1, 0.15) is 6.33 Å². The monoisotopic (exact) mass is 305 g/mol. The maximum Gasteiger partial charge on any atom is 0.354 e. The molecule has 0 bridgehead atoms. The summed E-state index contributed by atoms with van der Waals surface area (Å²) >= 11 is 0. The van der Waals surface area contributed by atoms with Crippen LogP contribution in [0.5, 0.6) is 0 Å². The zero-order chi connectivity index (χ0) is 16.1. The van der Waals surface area contributed by atoms with Crippen molar-refractivity contribution in [3.05, 3.63) is 50.8 Å². The van der Waals surface area contributed by atoms with Gasteiger partial charge in [-0.25, -0.2) is 9.97 Å². The quantitative estimate of drug-likeness (QED) is 0.536. The lowest BCUT2D eigenvalue weighted by Gasteiger charge is -2.10. The van der Waals surface area contributed by atoms with Gasteiger partial charge in [0.25, 0.3) is 5.69 Å². The molecule has 0 unspecified atom stereocenters. The molecule has 2 aromatic rings. The molecule has 11 nitrogen and oxygen atoms in total. The summed E-state index contributed by atoms with van der Waals surface area (Å²) in [6.45, 7) is 0. The van der Waals surface area contributed by atoms with Crippen LogP contribution >= 0.6 is 0 Å². The Morgan fingerprint density at radius 1 is 0.955 bits per heavy atom. The topological polar surface area (TPSA) is 148 Å². The number of anilines is 3. The number of benzene rings is 1. The first-order chi connectivity index (χ1) is 10.5. The van der Waals surface area contributed by atoms with Gasteiger partial charge in [-0.3, -0.25) is 31.1 Å². The molecule has 2 rings (SSSR count). The van der Waals surface area contributed by atoms with Gasteiger partial charge in [0, 0.05) is 19.2 Å². The summed E-state index contributed by atoms with van der Waals surface area (Å²) < 4.78 is 0. The van der Waals surface area contributed by atoms with Crippen LogP contribution < -0.4 is 16.2 Å². The standard InChI is InChI=1S/C11H11N7O4/c1-12-10-9(18(21)22)11(14-6-13-10)16-15-7-2-4-8(5-3-7)17(19)20/h2-6,15H,1H3,(H2,12,13,14,16). The van der Waals surface area contributed by atoms with E-state index >= 15 is 0 Å². The molecule has 0 radical (unpaired) electrons. The van der Waals surface area contributed by atoms with Crippen molar-refractivity contribution in [1.82, 2.24) is 9.97 Å². The molecule has 11 heteroatoms. The van der Waals surface area contributed by atoms with Crippen molar-refractivity contribution in [2.75, 3.05) is 23.2 Å². The average molecular weight is 305 g/mol. The minimum Gasteiger partial charge on any atom is -0.367 e. The molecule has 0 atom stereocenters. The number of nitrogens with one attached hydrogen (secondary N) is 3. The van der Waals surface area contributed by atoms with Gasteiger partial charge in [-0.15, -0.1) is 0 Å². The fraction of sp³-hybridized carbons (Fsp3) is 0.0909. The van der Waals surface area contributed by atoms with Gasteiger partial charge in [-0.2, -0.15) is 0 Å². The highest BCUT2D eigenvalue weighted by Crippen LogP contribution is 2.28. The largest absolute Gasteiger partial charge is 0.367 e. The number of hydrazine groups is 1. The molecule has 1 aromatic carbocycles. The third-order valence-electron chi connectivity index (χ3n) is 2.65. The van der Waals surface area contributed by atoms with Crippen LogP contribution in [0.15, 0.2) is 30.6 Å². The summed E-state index contributed by atoms with van der Waals surface area (Å²) in [7, 11) is 1.50. The number of aromatic nitrogens is 2. The average Bonchev–Trinajstić information content (AvgIpc) is 2.52. The predicted octanol–water partition coefficient (Wildman–Crippen LogP) is 1.77. The van der Waals surface area contributed by atoms with E-state index in [1.165, 1.54) is 37.6 Å². The lowest BCUT2D eigenvalue weighted by atomic mass is 10.3. The Morgan fingerprint density at radius 3 is 2.14 bits per heavy atom.